The highest BCUT2D eigenvalue weighted by molar-refractivity contribution is 7.99. The summed E-state index contributed by atoms with van der Waals surface area (Å²) >= 11 is 1.94. The molecule has 0 bridgehead atoms. The van der Waals surface area contributed by atoms with Crippen molar-refractivity contribution in [2.45, 2.75) is 45.4 Å². The van der Waals surface area contributed by atoms with Gasteiger partial charge in [0.25, 0.3) is 0 Å². The Balaban J connectivity index is 2.52. The molecule has 0 fully saturated rings. The number of thioether (sulfide) groups is 1. The van der Waals surface area contributed by atoms with Gasteiger partial charge in [0.05, 0.1) is 0 Å². The molecule has 0 saturated heterocycles. The van der Waals surface area contributed by atoms with Crippen LogP contribution in [0.15, 0.2) is 18.2 Å². The van der Waals surface area contributed by atoms with Crippen LogP contribution in [0.2, 0.25) is 0 Å². The second kappa shape index (κ2) is 7.07. The van der Waals surface area contributed by atoms with Gasteiger partial charge in [0, 0.05) is 11.3 Å². The Hall–Kier alpha value is -0.470. The van der Waals surface area contributed by atoms with Crippen molar-refractivity contribution in [2.24, 2.45) is 0 Å². The minimum atomic E-state index is 0.448. The van der Waals surface area contributed by atoms with Crippen LogP contribution in [0.1, 0.15) is 43.0 Å². The fourth-order valence-corrected chi connectivity index (χ4v) is 2.31. The highest BCUT2D eigenvalue weighted by Gasteiger charge is 2.08. The zero-order valence-electron chi connectivity index (χ0n) is 11.7. The number of aryl methyl sites for hydroxylation is 2. The maximum absolute atomic E-state index is 3.62. The molecule has 0 heterocycles. The molecule has 0 amide bonds. The quantitative estimate of drug-likeness (QED) is 0.817. The van der Waals surface area contributed by atoms with Crippen molar-refractivity contribution < 1.29 is 0 Å². The molecule has 2 unspecified atom stereocenters. The topological polar surface area (TPSA) is 12.0 Å². The van der Waals surface area contributed by atoms with Gasteiger partial charge in [-0.1, -0.05) is 30.7 Å². The average molecular weight is 251 g/mol. The monoisotopic (exact) mass is 251 g/mol. The zero-order chi connectivity index (χ0) is 12.8. The zero-order valence-corrected chi connectivity index (χ0v) is 12.5. The summed E-state index contributed by atoms with van der Waals surface area (Å²) in [4.78, 5) is 0. The fraction of sp³-hybridized carbons (Fsp3) is 0.600. The van der Waals surface area contributed by atoms with E-state index in [1.54, 1.807) is 0 Å². The van der Waals surface area contributed by atoms with E-state index in [0.29, 0.717) is 6.04 Å². The lowest BCUT2D eigenvalue weighted by molar-refractivity contribution is 0.555. The molecule has 1 aromatic carbocycles. The van der Waals surface area contributed by atoms with Crippen molar-refractivity contribution in [3.63, 3.8) is 0 Å². The predicted octanol–water partition coefficient (Wildman–Crippen LogP) is 4.10. The van der Waals surface area contributed by atoms with E-state index in [9.17, 15) is 0 Å². The van der Waals surface area contributed by atoms with Gasteiger partial charge in [0.1, 0.15) is 0 Å². The molecule has 1 N–H and O–H groups in total. The molecule has 1 rings (SSSR count). The summed E-state index contributed by atoms with van der Waals surface area (Å²) in [5, 5.41) is 4.36. The lowest BCUT2D eigenvalue weighted by Gasteiger charge is -2.18. The summed E-state index contributed by atoms with van der Waals surface area (Å²) in [7, 11) is 0. The summed E-state index contributed by atoms with van der Waals surface area (Å²) < 4.78 is 0. The largest absolute Gasteiger partial charge is 0.310 e. The van der Waals surface area contributed by atoms with Gasteiger partial charge < -0.3 is 5.32 Å². The summed E-state index contributed by atoms with van der Waals surface area (Å²) in [5.41, 5.74) is 4.16. The van der Waals surface area contributed by atoms with Gasteiger partial charge in [0.15, 0.2) is 0 Å². The minimum Gasteiger partial charge on any atom is -0.310 e. The molecule has 96 valence electrons. The Morgan fingerprint density at radius 1 is 1.24 bits per heavy atom. The molecule has 0 aliphatic heterocycles. The Labute approximate surface area is 110 Å². The number of nitrogens with one attached hydrogen (secondary N) is 1. The second-order valence-electron chi connectivity index (χ2n) is 4.87. The number of hydrogen-bond donors (Lipinski definition) is 1. The minimum absolute atomic E-state index is 0.448. The smallest absolute Gasteiger partial charge is 0.0294 e. The highest BCUT2D eigenvalue weighted by atomic mass is 32.2. The first-order valence-corrected chi connectivity index (χ1v) is 7.66. The molecule has 0 radical (unpaired) electrons. The van der Waals surface area contributed by atoms with Crippen molar-refractivity contribution >= 4 is 11.8 Å². The first-order valence-electron chi connectivity index (χ1n) is 6.38. The van der Waals surface area contributed by atoms with E-state index in [0.717, 1.165) is 11.8 Å². The Morgan fingerprint density at radius 3 is 2.59 bits per heavy atom. The fourth-order valence-electron chi connectivity index (χ4n) is 1.96. The van der Waals surface area contributed by atoms with Crippen LogP contribution in [-0.2, 0) is 0 Å². The van der Waals surface area contributed by atoms with E-state index in [2.05, 4.69) is 57.5 Å². The third-order valence-electron chi connectivity index (χ3n) is 3.31. The third kappa shape index (κ3) is 4.72. The Kier molecular flexibility index (Phi) is 6.07. The van der Waals surface area contributed by atoms with E-state index >= 15 is 0 Å². The van der Waals surface area contributed by atoms with Crippen LogP contribution in [0.3, 0.4) is 0 Å². The molecule has 1 nitrogen and oxygen atoms in total. The summed E-state index contributed by atoms with van der Waals surface area (Å²) in [5.74, 6) is 0. The van der Waals surface area contributed by atoms with Gasteiger partial charge in [-0.2, -0.15) is 11.8 Å². The molecule has 17 heavy (non-hydrogen) atoms. The van der Waals surface area contributed by atoms with Gasteiger partial charge in [0.2, 0.25) is 0 Å². The highest BCUT2D eigenvalue weighted by Crippen LogP contribution is 2.19. The van der Waals surface area contributed by atoms with Crippen LogP contribution in [0.4, 0.5) is 0 Å². The summed E-state index contributed by atoms with van der Waals surface area (Å²) in [6.45, 7) is 9.99. The van der Waals surface area contributed by atoms with Crippen molar-refractivity contribution in [2.75, 3.05) is 12.8 Å². The van der Waals surface area contributed by atoms with Crippen LogP contribution in [0.5, 0.6) is 0 Å². The summed E-state index contributed by atoms with van der Waals surface area (Å²) in [6.07, 6.45) is 3.41. The average Bonchev–Trinajstić information content (AvgIpc) is 2.31. The Bertz CT molecular complexity index is 349. The van der Waals surface area contributed by atoms with Crippen molar-refractivity contribution in [3.8, 4) is 0 Å². The van der Waals surface area contributed by atoms with Crippen LogP contribution < -0.4 is 5.32 Å². The maximum atomic E-state index is 3.62. The van der Waals surface area contributed by atoms with Crippen molar-refractivity contribution in [1.29, 1.82) is 0 Å². The van der Waals surface area contributed by atoms with Gasteiger partial charge >= 0.3 is 0 Å². The second-order valence-corrected chi connectivity index (χ2v) is 6.15. The Morgan fingerprint density at radius 2 is 1.94 bits per heavy atom. The van der Waals surface area contributed by atoms with E-state index in [1.165, 1.54) is 23.1 Å². The standard InChI is InChI=1S/C15H25NS/c1-11-6-7-12(2)15(10-11)14(4)16-9-8-13(3)17-5/h6-7,10,13-14,16H,8-9H2,1-5H3. The number of benzene rings is 1. The van der Waals surface area contributed by atoms with Crippen molar-refractivity contribution in [3.05, 3.63) is 34.9 Å². The first-order chi connectivity index (χ1) is 8.04. The van der Waals surface area contributed by atoms with E-state index in [-0.39, 0.29) is 0 Å². The van der Waals surface area contributed by atoms with E-state index in [4.69, 9.17) is 0 Å². The molecule has 1 aromatic rings. The van der Waals surface area contributed by atoms with E-state index < -0.39 is 0 Å². The van der Waals surface area contributed by atoms with Gasteiger partial charge in [-0.25, -0.2) is 0 Å². The molecular weight excluding hydrogens is 226 g/mol. The molecule has 2 atom stereocenters. The third-order valence-corrected chi connectivity index (χ3v) is 4.35. The number of hydrogen-bond acceptors (Lipinski definition) is 2. The maximum Gasteiger partial charge on any atom is 0.0294 e. The van der Waals surface area contributed by atoms with Gasteiger partial charge in [-0.05, 0) is 51.1 Å². The van der Waals surface area contributed by atoms with Crippen LogP contribution in [-0.4, -0.2) is 18.1 Å². The molecule has 2 heteroatoms. The molecule has 0 aromatic heterocycles. The predicted molar refractivity (Wildman–Crippen MR) is 79.9 cm³/mol. The molecule has 0 spiro atoms. The van der Waals surface area contributed by atoms with Gasteiger partial charge in [-0.3, -0.25) is 0 Å². The van der Waals surface area contributed by atoms with Crippen LogP contribution in [0, 0.1) is 13.8 Å². The normalized spacial score (nSPS) is 14.6. The molecule has 0 saturated carbocycles. The lowest BCUT2D eigenvalue weighted by atomic mass is 10.00. The molecule has 0 aliphatic carbocycles. The lowest BCUT2D eigenvalue weighted by Crippen LogP contribution is -2.22. The SMILES string of the molecule is CSC(C)CCNC(C)c1cc(C)ccc1C. The molecular formula is C15H25NS. The van der Waals surface area contributed by atoms with Gasteiger partial charge in [-0.15, -0.1) is 0 Å². The van der Waals surface area contributed by atoms with Crippen LogP contribution in [0.25, 0.3) is 0 Å². The first kappa shape index (κ1) is 14.6. The van der Waals surface area contributed by atoms with Crippen molar-refractivity contribution in [1.82, 2.24) is 5.32 Å². The summed E-state index contributed by atoms with van der Waals surface area (Å²) in [6, 6.07) is 7.14. The van der Waals surface area contributed by atoms with E-state index in [1.807, 2.05) is 11.8 Å². The molecule has 0 aliphatic rings. The number of rotatable bonds is 6. The van der Waals surface area contributed by atoms with Crippen LogP contribution >= 0.6 is 11.8 Å².